The van der Waals surface area contributed by atoms with Crippen LogP contribution in [0.5, 0.6) is 0 Å². The van der Waals surface area contributed by atoms with E-state index < -0.39 is 10.0 Å². The molecule has 0 bridgehead atoms. The number of para-hydroxylation sites is 1. The van der Waals surface area contributed by atoms with E-state index in [-0.39, 0.29) is 18.9 Å². The molecule has 0 N–H and O–H groups in total. The van der Waals surface area contributed by atoms with E-state index in [4.69, 9.17) is 4.74 Å². The first-order valence-corrected chi connectivity index (χ1v) is 9.69. The van der Waals surface area contributed by atoms with E-state index in [0.29, 0.717) is 32.0 Å². The molecule has 0 unspecified atom stereocenters. The highest BCUT2D eigenvalue weighted by atomic mass is 32.2. The Hall–Kier alpha value is -1.60. The van der Waals surface area contributed by atoms with Crippen LogP contribution in [0.1, 0.15) is 18.9 Å². The number of nitrogens with zero attached hydrogens (tertiary/aromatic N) is 2. The summed E-state index contributed by atoms with van der Waals surface area (Å²) < 4.78 is 30.9. The van der Waals surface area contributed by atoms with Gasteiger partial charge in [0.1, 0.15) is 0 Å². The molecular formula is C16H24N2O4S. The van der Waals surface area contributed by atoms with E-state index in [1.807, 2.05) is 25.1 Å². The van der Waals surface area contributed by atoms with Crippen molar-refractivity contribution >= 4 is 21.6 Å². The van der Waals surface area contributed by atoms with Crippen LogP contribution in [0.4, 0.5) is 5.69 Å². The van der Waals surface area contributed by atoms with Gasteiger partial charge in [-0.1, -0.05) is 25.1 Å². The molecular weight excluding hydrogens is 316 g/mol. The third-order valence-corrected chi connectivity index (χ3v) is 5.11. The zero-order valence-corrected chi connectivity index (χ0v) is 14.5. The van der Waals surface area contributed by atoms with Crippen molar-refractivity contribution in [3.05, 3.63) is 29.8 Å². The lowest BCUT2D eigenvalue weighted by atomic mass is 10.1. The number of carbonyl (C=O) groups is 1. The van der Waals surface area contributed by atoms with Gasteiger partial charge in [-0.05, 0) is 18.1 Å². The number of hydrogen-bond donors (Lipinski definition) is 0. The lowest BCUT2D eigenvalue weighted by Crippen LogP contribution is -2.42. The third kappa shape index (κ3) is 4.68. The van der Waals surface area contributed by atoms with Gasteiger partial charge < -0.3 is 9.64 Å². The summed E-state index contributed by atoms with van der Waals surface area (Å²) in [5.74, 6) is -0.0315. The van der Waals surface area contributed by atoms with Gasteiger partial charge in [0.2, 0.25) is 15.9 Å². The number of morpholine rings is 1. The second-order valence-corrected chi connectivity index (χ2v) is 7.47. The first-order valence-electron chi connectivity index (χ1n) is 7.84. The van der Waals surface area contributed by atoms with Gasteiger partial charge in [0.25, 0.3) is 0 Å². The summed E-state index contributed by atoms with van der Waals surface area (Å²) in [6.45, 7) is 4.37. The first kappa shape index (κ1) is 17.7. The van der Waals surface area contributed by atoms with Crippen molar-refractivity contribution < 1.29 is 17.9 Å². The molecule has 1 amide bonds. The fraction of sp³-hybridized carbons (Fsp3) is 0.562. The lowest BCUT2D eigenvalue weighted by Gasteiger charge is -2.29. The quantitative estimate of drug-likeness (QED) is 0.782. The summed E-state index contributed by atoms with van der Waals surface area (Å²) >= 11 is 0. The van der Waals surface area contributed by atoms with Gasteiger partial charge in [0.05, 0.1) is 25.2 Å². The Morgan fingerprint density at radius 3 is 2.52 bits per heavy atom. The summed E-state index contributed by atoms with van der Waals surface area (Å²) in [6, 6.07) is 7.41. The van der Waals surface area contributed by atoms with Gasteiger partial charge in [-0.25, -0.2) is 8.42 Å². The van der Waals surface area contributed by atoms with Crippen molar-refractivity contribution in [3.63, 3.8) is 0 Å². The lowest BCUT2D eigenvalue weighted by molar-refractivity contribution is -0.134. The largest absolute Gasteiger partial charge is 0.378 e. The highest BCUT2D eigenvalue weighted by molar-refractivity contribution is 7.92. The fourth-order valence-electron chi connectivity index (χ4n) is 2.69. The number of ether oxygens (including phenoxy) is 1. The van der Waals surface area contributed by atoms with Crippen molar-refractivity contribution in [3.8, 4) is 0 Å². The Bertz CT molecular complexity index is 639. The molecule has 2 rings (SSSR count). The predicted octanol–water partition coefficient (Wildman–Crippen LogP) is 1.26. The molecule has 0 spiro atoms. The van der Waals surface area contributed by atoms with Crippen LogP contribution in [0.15, 0.2) is 24.3 Å². The van der Waals surface area contributed by atoms with Gasteiger partial charge in [-0.15, -0.1) is 0 Å². The molecule has 6 nitrogen and oxygen atoms in total. The summed E-state index contributed by atoms with van der Waals surface area (Å²) in [7, 11) is -3.44. The highest BCUT2D eigenvalue weighted by Crippen LogP contribution is 2.23. The fourth-order valence-corrected chi connectivity index (χ4v) is 3.64. The minimum absolute atomic E-state index is 0.0315. The Morgan fingerprint density at radius 2 is 1.91 bits per heavy atom. The minimum Gasteiger partial charge on any atom is -0.378 e. The second kappa shape index (κ2) is 7.79. The summed E-state index contributed by atoms with van der Waals surface area (Å²) in [6.07, 6.45) is 2.09. The zero-order chi connectivity index (χ0) is 16.9. The number of rotatable bonds is 6. The Labute approximate surface area is 138 Å². The molecule has 1 aliphatic heterocycles. The molecule has 7 heteroatoms. The summed E-state index contributed by atoms with van der Waals surface area (Å²) in [4.78, 5) is 14.0. The van der Waals surface area contributed by atoms with E-state index in [0.717, 1.165) is 12.0 Å². The van der Waals surface area contributed by atoms with E-state index in [9.17, 15) is 13.2 Å². The molecule has 1 aliphatic rings. The Morgan fingerprint density at radius 1 is 1.26 bits per heavy atom. The predicted molar refractivity (Wildman–Crippen MR) is 90.0 cm³/mol. The van der Waals surface area contributed by atoms with Crippen molar-refractivity contribution in [1.82, 2.24) is 4.90 Å². The monoisotopic (exact) mass is 340 g/mol. The van der Waals surface area contributed by atoms with E-state index in [1.54, 1.807) is 11.0 Å². The average Bonchev–Trinajstić information content (AvgIpc) is 2.55. The first-order chi connectivity index (χ1) is 10.9. The van der Waals surface area contributed by atoms with Crippen LogP contribution in [0.2, 0.25) is 0 Å². The van der Waals surface area contributed by atoms with Crippen LogP contribution in [0.3, 0.4) is 0 Å². The van der Waals surface area contributed by atoms with Gasteiger partial charge in [-0.2, -0.15) is 0 Å². The molecule has 1 heterocycles. The van der Waals surface area contributed by atoms with E-state index in [2.05, 4.69) is 0 Å². The molecule has 0 saturated carbocycles. The topological polar surface area (TPSA) is 66.9 Å². The number of amides is 1. The molecule has 0 aromatic heterocycles. The number of sulfonamides is 1. The van der Waals surface area contributed by atoms with Gasteiger partial charge in [0, 0.05) is 26.1 Å². The molecule has 0 aliphatic carbocycles. The Balaban J connectivity index is 2.12. The molecule has 23 heavy (non-hydrogen) atoms. The van der Waals surface area contributed by atoms with Crippen LogP contribution in [0, 0.1) is 0 Å². The van der Waals surface area contributed by atoms with Gasteiger partial charge >= 0.3 is 0 Å². The number of anilines is 1. The SMILES string of the molecule is CCc1ccccc1N(CCC(=O)N1CCOCC1)S(C)(=O)=O. The van der Waals surface area contributed by atoms with Crippen LogP contribution >= 0.6 is 0 Å². The van der Waals surface area contributed by atoms with Gasteiger partial charge in [-0.3, -0.25) is 9.10 Å². The molecule has 1 aromatic rings. The van der Waals surface area contributed by atoms with Gasteiger partial charge in [0.15, 0.2) is 0 Å². The summed E-state index contributed by atoms with van der Waals surface area (Å²) in [5.41, 5.74) is 1.61. The van der Waals surface area contributed by atoms with Crippen molar-refractivity contribution in [2.75, 3.05) is 43.4 Å². The van der Waals surface area contributed by atoms with E-state index >= 15 is 0 Å². The maximum Gasteiger partial charge on any atom is 0.232 e. The van der Waals surface area contributed by atoms with Crippen molar-refractivity contribution in [1.29, 1.82) is 0 Å². The number of hydrogen-bond acceptors (Lipinski definition) is 4. The Kier molecular flexibility index (Phi) is 6.01. The van der Waals surface area contributed by atoms with E-state index in [1.165, 1.54) is 10.6 Å². The standard InChI is InChI=1S/C16H24N2O4S/c1-3-14-6-4-5-7-15(14)18(23(2,20)21)9-8-16(19)17-10-12-22-13-11-17/h4-7H,3,8-13H2,1-2H3. The van der Waals surface area contributed by atoms with Crippen molar-refractivity contribution in [2.45, 2.75) is 19.8 Å². The van der Waals surface area contributed by atoms with Crippen LogP contribution < -0.4 is 4.31 Å². The normalized spacial score (nSPS) is 15.5. The highest BCUT2D eigenvalue weighted by Gasteiger charge is 2.23. The number of carbonyl (C=O) groups excluding carboxylic acids is 1. The molecule has 1 fully saturated rings. The summed E-state index contributed by atoms with van der Waals surface area (Å²) in [5, 5.41) is 0. The minimum atomic E-state index is -3.44. The van der Waals surface area contributed by atoms with Crippen LogP contribution in [0.25, 0.3) is 0 Å². The van der Waals surface area contributed by atoms with Crippen LogP contribution in [-0.2, 0) is 26.0 Å². The van der Waals surface area contributed by atoms with Crippen molar-refractivity contribution in [2.24, 2.45) is 0 Å². The molecule has 0 atom stereocenters. The zero-order valence-electron chi connectivity index (χ0n) is 13.7. The third-order valence-electron chi connectivity index (χ3n) is 3.93. The average molecular weight is 340 g/mol. The smallest absolute Gasteiger partial charge is 0.232 e. The maximum absolute atomic E-state index is 12.3. The second-order valence-electron chi connectivity index (χ2n) is 5.56. The molecule has 1 aromatic carbocycles. The molecule has 1 saturated heterocycles. The van der Waals surface area contributed by atoms with Crippen LogP contribution in [-0.4, -0.2) is 58.3 Å². The molecule has 0 radical (unpaired) electrons. The molecule has 128 valence electrons. The number of benzene rings is 1. The number of aryl methyl sites for hydroxylation is 1. The maximum atomic E-state index is 12.3.